The first-order chi connectivity index (χ1) is 11.1. The first kappa shape index (κ1) is 15.8. The number of hydrogen-bond acceptors (Lipinski definition) is 2. The average molecular weight is 306 g/mol. The molecule has 2 aromatic rings. The van der Waals surface area contributed by atoms with E-state index in [0.29, 0.717) is 12.0 Å². The van der Waals surface area contributed by atoms with Crippen molar-refractivity contribution in [3.63, 3.8) is 0 Å². The molecule has 1 aliphatic rings. The summed E-state index contributed by atoms with van der Waals surface area (Å²) in [7, 11) is 2.19. The highest BCUT2D eigenvalue weighted by molar-refractivity contribution is 5.72. The van der Waals surface area contributed by atoms with Gasteiger partial charge in [-0.15, -0.1) is 0 Å². The molecule has 2 aromatic carbocycles. The zero-order chi connectivity index (χ0) is 16.2. The minimum atomic E-state index is 0.438. The molecule has 0 aliphatic carbocycles. The van der Waals surface area contributed by atoms with Crippen molar-refractivity contribution in [2.45, 2.75) is 39.2 Å². The molecule has 0 N–H and O–H groups in total. The van der Waals surface area contributed by atoms with Gasteiger partial charge in [0.05, 0.1) is 5.69 Å². The maximum atomic E-state index is 4.82. The zero-order valence-electron chi connectivity index (χ0n) is 14.4. The topological polar surface area (TPSA) is 15.6 Å². The van der Waals surface area contributed by atoms with E-state index < -0.39 is 0 Å². The maximum Gasteiger partial charge on any atom is 0.0678 e. The quantitative estimate of drug-likeness (QED) is 0.723. The Kier molecular flexibility index (Phi) is 4.80. The fraction of sp³-hybridized carbons (Fsp3) is 0.381. The van der Waals surface area contributed by atoms with Gasteiger partial charge in [-0.1, -0.05) is 43.3 Å². The Morgan fingerprint density at radius 1 is 1.17 bits per heavy atom. The summed E-state index contributed by atoms with van der Waals surface area (Å²) in [6.45, 7) is 4.53. The van der Waals surface area contributed by atoms with E-state index in [9.17, 15) is 0 Å². The lowest BCUT2D eigenvalue weighted by Crippen LogP contribution is -2.33. The summed E-state index contributed by atoms with van der Waals surface area (Å²) in [6.07, 6.45) is 5.48. The molecule has 0 saturated heterocycles. The van der Waals surface area contributed by atoms with Gasteiger partial charge in [0.25, 0.3) is 0 Å². The molecule has 0 fully saturated rings. The van der Waals surface area contributed by atoms with Crippen molar-refractivity contribution in [2.24, 2.45) is 10.9 Å². The Labute approximate surface area is 139 Å². The lowest BCUT2D eigenvalue weighted by atomic mass is 9.95. The number of benzene rings is 2. The van der Waals surface area contributed by atoms with E-state index in [-0.39, 0.29) is 0 Å². The van der Waals surface area contributed by atoms with Crippen molar-refractivity contribution in [3.8, 4) is 0 Å². The third-order valence-corrected chi connectivity index (χ3v) is 4.85. The number of aliphatic imine (C=N–C) groups is 1. The van der Waals surface area contributed by atoms with Gasteiger partial charge < -0.3 is 4.90 Å². The molecular weight excluding hydrogens is 280 g/mol. The predicted molar refractivity (Wildman–Crippen MR) is 100 cm³/mol. The summed E-state index contributed by atoms with van der Waals surface area (Å²) < 4.78 is 0. The summed E-state index contributed by atoms with van der Waals surface area (Å²) >= 11 is 0. The molecule has 0 aromatic heterocycles. The second-order valence-corrected chi connectivity index (χ2v) is 6.72. The van der Waals surface area contributed by atoms with Crippen molar-refractivity contribution in [2.75, 3.05) is 11.9 Å². The summed E-state index contributed by atoms with van der Waals surface area (Å²) in [5, 5.41) is 0. The number of anilines is 1. The van der Waals surface area contributed by atoms with Gasteiger partial charge >= 0.3 is 0 Å². The van der Waals surface area contributed by atoms with E-state index in [1.807, 2.05) is 0 Å². The highest BCUT2D eigenvalue weighted by Gasteiger charge is 2.21. The molecule has 0 radical (unpaired) electrons. The molecule has 1 heterocycles. The van der Waals surface area contributed by atoms with E-state index in [0.717, 1.165) is 18.5 Å². The second-order valence-electron chi connectivity index (χ2n) is 6.72. The molecule has 2 nitrogen and oxygen atoms in total. The third kappa shape index (κ3) is 3.64. The highest BCUT2D eigenvalue weighted by Crippen LogP contribution is 2.35. The van der Waals surface area contributed by atoms with Gasteiger partial charge in [0.1, 0.15) is 0 Å². The predicted octanol–water partition coefficient (Wildman–Crippen LogP) is 5.04. The summed E-state index contributed by atoms with van der Waals surface area (Å²) in [6, 6.07) is 17.7. The van der Waals surface area contributed by atoms with Crippen LogP contribution in [-0.2, 0) is 12.8 Å². The summed E-state index contributed by atoms with van der Waals surface area (Å²) in [4.78, 5) is 7.20. The fourth-order valence-corrected chi connectivity index (χ4v) is 3.30. The largest absolute Gasteiger partial charge is 0.372 e. The molecule has 0 spiro atoms. The van der Waals surface area contributed by atoms with Crippen molar-refractivity contribution in [3.05, 3.63) is 59.7 Å². The molecule has 1 aliphatic heterocycles. The van der Waals surface area contributed by atoms with E-state index in [1.165, 1.54) is 23.2 Å². The number of nitrogens with zero attached hydrogens (tertiary/aromatic N) is 2. The van der Waals surface area contributed by atoms with Gasteiger partial charge in [0.15, 0.2) is 0 Å². The van der Waals surface area contributed by atoms with E-state index in [1.54, 1.807) is 0 Å². The Balaban J connectivity index is 1.75. The molecule has 0 amide bonds. The van der Waals surface area contributed by atoms with Gasteiger partial charge in [0.2, 0.25) is 0 Å². The molecule has 0 saturated carbocycles. The van der Waals surface area contributed by atoms with Gasteiger partial charge in [-0.2, -0.15) is 0 Å². The van der Waals surface area contributed by atoms with Gasteiger partial charge in [-0.3, -0.25) is 4.99 Å². The summed E-state index contributed by atoms with van der Waals surface area (Å²) in [5.74, 6) is 0.438. The second kappa shape index (κ2) is 6.99. The van der Waals surface area contributed by atoms with E-state index >= 15 is 0 Å². The molecule has 2 atom stereocenters. The van der Waals surface area contributed by atoms with Gasteiger partial charge in [-0.05, 0) is 49.8 Å². The lowest BCUT2D eigenvalue weighted by molar-refractivity contribution is 0.599. The average Bonchev–Trinajstić information content (AvgIpc) is 2.57. The molecule has 0 bridgehead atoms. The molecule has 2 heteroatoms. The molecular formula is C21H26N2. The Morgan fingerprint density at radius 2 is 1.96 bits per heavy atom. The van der Waals surface area contributed by atoms with Gasteiger partial charge in [-0.25, -0.2) is 0 Å². The normalized spacial score (nSPS) is 18.9. The van der Waals surface area contributed by atoms with Crippen LogP contribution < -0.4 is 4.90 Å². The van der Waals surface area contributed by atoms with Crippen LogP contribution in [0.3, 0.4) is 0 Å². The van der Waals surface area contributed by atoms with Crippen LogP contribution in [0.2, 0.25) is 0 Å². The SMILES string of the molecule is CC(C=Nc1cccc2c1CCC(C)N2C)Cc1ccccc1. The first-order valence-corrected chi connectivity index (χ1v) is 8.58. The van der Waals surface area contributed by atoms with Crippen molar-refractivity contribution in [1.82, 2.24) is 0 Å². The van der Waals surface area contributed by atoms with Crippen LogP contribution in [-0.4, -0.2) is 19.3 Å². The lowest BCUT2D eigenvalue weighted by Gasteiger charge is -2.34. The summed E-state index contributed by atoms with van der Waals surface area (Å²) in [5.41, 5.74) is 5.25. The van der Waals surface area contributed by atoms with Crippen molar-refractivity contribution >= 4 is 17.6 Å². The van der Waals surface area contributed by atoms with Crippen LogP contribution in [0, 0.1) is 5.92 Å². The number of fused-ring (bicyclic) bond motifs is 1. The fourth-order valence-electron chi connectivity index (χ4n) is 3.30. The number of hydrogen-bond donors (Lipinski definition) is 0. The van der Waals surface area contributed by atoms with Crippen LogP contribution >= 0.6 is 0 Å². The van der Waals surface area contributed by atoms with Crippen LogP contribution in [0.1, 0.15) is 31.4 Å². The molecule has 3 rings (SSSR count). The highest BCUT2D eigenvalue weighted by atomic mass is 15.1. The van der Waals surface area contributed by atoms with E-state index in [4.69, 9.17) is 4.99 Å². The Hall–Kier alpha value is -2.09. The maximum absolute atomic E-state index is 4.82. The minimum absolute atomic E-state index is 0.438. The van der Waals surface area contributed by atoms with Gasteiger partial charge in [0, 0.05) is 30.6 Å². The Bertz CT molecular complexity index is 675. The number of rotatable bonds is 4. The van der Waals surface area contributed by atoms with Crippen molar-refractivity contribution in [1.29, 1.82) is 0 Å². The van der Waals surface area contributed by atoms with Crippen LogP contribution in [0.15, 0.2) is 53.5 Å². The van der Waals surface area contributed by atoms with Crippen LogP contribution in [0.5, 0.6) is 0 Å². The standard InChI is InChI=1S/C21H26N2/c1-16(14-18-8-5-4-6-9-18)15-22-20-10-7-11-21-19(20)13-12-17(2)23(21)3/h4-11,15-17H,12-14H2,1-3H3. The molecule has 120 valence electrons. The molecule has 23 heavy (non-hydrogen) atoms. The van der Waals surface area contributed by atoms with Crippen LogP contribution in [0.25, 0.3) is 0 Å². The first-order valence-electron chi connectivity index (χ1n) is 8.58. The smallest absolute Gasteiger partial charge is 0.0678 e. The van der Waals surface area contributed by atoms with E-state index in [2.05, 4.69) is 80.5 Å². The minimum Gasteiger partial charge on any atom is -0.372 e. The Morgan fingerprint density at radius 3 is 2.74 bits per heavy atom. The monoisotopic (exact) mass is 306 g/mol. The van der Waals surface area contributed by atoms with Crippen molar-refractivity contribution < 1.29 is 0 Å². The third-order valence-electron chi connectivity index (χ3n) is 4.85. The van der Waals surface area contributed by atoms with Crippen LogP contribution in [0.4, 0.5) is 11.4 Å². The zero-order valence-corrected chi connectivity index (χ0v) is 14.4. The molecule has 2 unspecified atom stereocenters.